The van der Waals surface area contributed by atoms with Crippen LogP contribution in [0.1, 0.15) is 25.0 Å². The normalized spacial score (nSPS) is 12.1. The summed E-state index contributed by atoms with van der Waals surface area (Å²) in [5.74, 6) is -3.41. The average molecular weight is 227 g/mol. The van der Waals surface area contributed by atoms with E-state index in [0.29, 0.717) is 0 Å². The molecule has 0 unspecified atom stereocenters. The van der Waals surface area contributed by atoms with E-state index in [0.717, 1.165) is 18.5 Å². The van der Waals surface area contributed by atoms with E-state index >= 15 is 0 Å². The number of rotatable bonds is 5. The third kappa shape index (κ3) is 3.01. The summed E-state index contributed by atoms with van der Waals surface area (Å²) in [5.41, 5.74) is 1.19. The largest absolute Gasteiger partial charge is 0.319 e. The van der Waals surface area contributed by atoms with E-state index in [-0.39, 0.29) is 5.56 Å². The van der Waals surface area contributed by atoms with Crippen LogP contribution in [0.15, 0.2) is 24.3 Å². The first kappa shape index (κ1) is 13.1. The van der Waals surface area contributed by atoms with Crippen molar-refractivity contribution in [2.75, 3.05) is 13.6 Å². The van der Waals surface area contributed by atoms with Gasteiger partial charge in [0.1, 0.15) is 0 Å². The summed E-state index contributed by atoms with van der Waals surface area (Å²) in [6.45, 7) is 3.93. The molecule has 0 aliphatic heterocycles. The van der Waals surface area contributed by atoms with Gasteiger partial charge in [0.15, 0.2) is 0 Å². The Hall–Kier alpha value is -0.960. The second-order valence-electron chi connectivity index (χ2n) is 4.33. The zero-order valence-corrected chi connectivity index (χ0v) is 10.1. The van der Waals surface area contributed by atoms with Crippen molar-refractivity contribution in [2.24, 2.45) is 5.92 Å². The van der Waals surface area contributed by atoms with Gasteiger partial charge in [-0.15, -0.1) is 0 Å². The van der Waals surface area contributed by atoms with Crippen LogP contribution in [-0.2, 0) is 12.3 Å². The minimum Gasteiger partial charge on any atom is -0.319 e. The third-order valence-electron chi connectivity index (χ3n) is 2.73. The summed E-state index contributed by atoms with van der Waals surface area (Å²) < 4.78 is 27.3. The van der Waals surface area contributed by atoms with Crippen molar-refractivity contribution >= 4 is 0 Å². The average Bonchev–Trinajstić information content (AvgIpc) is 2.26. The van der Waals surface area contributed by atoms with Gasteiger partial charge in [-0.3, -0.25) is 0 Å². The molecule has 0 radical (unpaired) electrons. The molecule has 0 amide bonds. The quantitative estimate of drug-likeness (QED) is 0.814. The Morgan fingerprint density at radius 1 is 1.19 bits per heavy atom. The minimum atomic E-state index is -2.73. The van der Waals surface area contributed by atoms with Gasteiger partial charge >= 0.3 is 0 Å². The van der Waals surface area contributed by atoms with Gasteiger partial charge in [-0.2, -0.15) is 0 Å². The zero-order chi connectivity index (χ0) is 12.2. The molecule has 0 aliphatic rings. The highest BCUT2D eigenvalue weighted by Crippen LogP contribution is 2.35. The number of alkyl halides is 2. The highest BCUT2D eigenvalue weighted by Gasteiger charge is 2.35. The first-order valence-corrected chi connectivity index (χ1v) is 5.60. The lowest BCUT2D eigenvalue weighted by molar-refractivity contribution is -0.0513. The monoisotopic (exact) mass is 227 g/mol. The summed E-state index contributed by atoms with van der Waals surface area (Å²) in [5, 5.41) is 3.03. The molecule has 1 aromatic rings. The standard InChI is InChI=1S/C13H19F2N/c1-10(2)13(14,15)12-6-4-11(5-7-12)8-9-16-3/h4-7,10,16H,8-9H2,1-3H3. The fraction of sp³-hybridized carbons (Fsp3) is 0.538. The van der Waals surface area contributed by atoms with Gasteiger partial charge in [-0.1, -0.05) is 38.1 Å². The van der Waals surface area contributed by atoms with Gasteiger partial charge < -0.3 is 5.32 Å². The lowest BCUT2D eigenvalue weighted by Crippen LogP contribution is -2.20. The Morgan fingerprint density at radius 2 is 1.75 bits per heavy atom. The van der Waals surface area contributed by atoms with E-state index in [1.54, 1.807) is 12.1 Å². The molecule has 1 nitrogen and oxygen atoms in total. The lowest BCUT2D eigenvalue weighted by atomic mass is 9.96. The summed E-state index contributed by atoms with van der Waals surface area (Å²) in [4.78, 5) is 0. The molecule has 16 heavy (non-hydrogen) atoms. The minimum absolute atomic E-state index is 0.107. The van der Waals surface area contributed by atoms with Crippen LogP contribution >= 0.6 is 0 Å². The highest BCUT2D eigenvalue weighted by atomic mass is 19.3. The van der Waals surface area contributed by atoms with Crippen LogP contribution in [0.2, 0.25) is 0 Å². The number of benzene rings is 1. The van der Waals surface area contributed by atoms with Crippen LogP contribution in [0.25, 0.3) is 0 Å². The molecule has 0 saturated heterocycles. The van der Waals surface area contributed by atoms with Crippen LogP contribution in [0.4, 0.5) is 8.78 Å². The Kier molecular flexibility index (Phi) is 4.42. The molecule has 0 spiro atoms. The van der Waals surface area contributed by atoms with E-state index in [4.69, 9.17) is 0 Å². The van der Waals surface area contributed by atoms with Gasteiger partial charge in [0.05, 0.1) is 0 Å². The fourth-order valence-electron chi connectivity index (χ4n) is 1.50. The Morgan fingerprint density at radius 3 is 2.19 bits per heavy atom. The van der Waals surface area contributed by atoms with Gasteiger partial charge in [-0.05, 0) is 25.6 Å². The van der Waals surface area contributed by atoms with Crippen LogP contribution in [0.3, 0.4) is 0 Å². The Balaban J connectivity index is 2.78. The van der Waals surface area contributed by atoms with E-state index < -0.39 is 11.8 Å². The summed E-state index contributed by atoms with van der Waals surface area (Å²) in [6.07, 6.45) is 0.865. The molecule has 0 bridgehead atoms. The number of hydrogen-bond acceptors (Lipinski definition) is 1. The van der Waals surface area contributed by atoms with E-state index in [1.165, 1.54) is 26.0 Å². The van der Waals surface area contributed by atoms with Crippen LogP contribution in [-0.4, -0.2) is 13.6 Å². The molecular weight excluding hydrogens is 208 g/mol. The SMILES string of the molecule is CNCCc1ccc(C(F)(F)C(C)C)cc1. The topological polar surface area (TPSA) is 12.0 Å². The smallest absolute Gasteiger partial charge is 0.275 e. The molecule has 1 N–H and O–H groups in total. The van der Waals surface area contributed by atoms with Crippen molar-refractivity contribution in [1.29, 1.82) is 0 Å². The number of likely N-dealkylation sites (N-methyl/N-ethyl adjacent to an activating group) is 1. The molecule has 3 heteroatoms. The zero-order valence-electron chi connectivity index (χ0n) is 10.1. The maximum Gasteiger partial charge on any atom is 0.275 e. The lowest BCUT2D eigenvalue weighted by Gasteiger charge is -2.20. The van der Waals surface area contributed by atoms with Crippen molar-refractivity contribution in [3.8, 4) is 0 Å². The number of halogens is 2. The maximum atomic E-state index is 13.6. The second-order valence-corrected chi connectivity index (χ2v) is 4.33. The summed E-state index contributed by atoms with van der Waals surface area (Å²) in [7, 11) is 1.88. The predicted octanol–water partition coefficient (Wildman–Crippen LogP) is 3.20. The van der Waals surface area contributed by atoms with Gasteiger partial charge in [-0.25, -0.2) is 8.78 Å². The van der Waals surface area contributed by atoms with Crippen molar-refractivity contribution in [1.82, 2.24) is 5.32 Å². The van der Waals surface area contributed by atoms with Gasteiger partial charge in [0, 0.05) is 11.5 Å². The number of nitrogens with one attached hydrogen (secondary N) is 1. The van der Waals surface area contributed by atoms with Crippen LogP contribution in [0, 0.1) is 5.92 Å². The van der Waals surface area contributed by atoms with E-state index in [2.05, 4.69) is 5.32 Å². The first-order chi connectivity index (χ1) is 7.48. The van der Waals surface area contributed by atoms with Crippen molar-refractivity contribution < 1.29 is 8.78 Å². The molecule has 0 saturated carbocycles. The first-order valence-electron chi connectivity index (χ1n) is 5.60. The molecule has 90 valence electrons. The third-order valence-corrected chi connectivity index (χ3v) is 2.73. The molecule has 0 aliphatic carbocycles. The van der Waals surface area contributed by atoms with Crippen LogP contribution < -0.4 is 5.32 Å². The van der Waals surface area contributed by atoms with Crippen molar-refractivity contribution in [3.63, 3.8) is 0 Å². The fourth-order valence-corrected chi connectivity index (χ4v) is 1.50. The molecule has 0 fully saturated rings. The molecule has 0 atom stereocenters. The van der Waals surface area contributed by atoms with E-state index in [9.17, 15) is 8.78 Å². The molecular formula is C13H19F2N. The summed E-state index contributed by atoms with van der Waals surface area (Å²) >= 11 is 0. The molecule has 1 aromatic carbocycles. The summed E-state index contributed by atoms with van der Waals surface area (Å²) in [6, 6.07) is 6.63. The second kappa shape index (κ2) is 5.39. The number of hydrogen-bond donors (Lipinski definition) is 1. The molecule has 0 aromatic heterocycles. The van der Waals surface area contributed by atoms with Crippen molar-refractivity contribution in [3.05, 3.63) is 35.4 Å². The van der Waals surface area contributed by atoms with Crippen LogP contribution in [0.5, 0.6) is 0 Å². The van der Waals surface area contributed by atoms with E-state index in [1.807, 2.05) is 7.05 Å². The van der Waals surface area contributed by atoms with Gasteiger partial charge in [0.2, 0.25) is 0 Å². The Bertz CT molecular complexity index is 317. The highest BCUT2D eigenvalue weighted by molar-refractivity contribution is 5.26. The van der Waals surface area contributed by atoms with Gasteiger partial charge in [0.25, 0.3) is 5.92 Å². The van der Waals surface area contributed by atoms with Crippen molar-refractivity contribution in [2.45, 2.75) is 26.2 Å². The maximum absolute atomic E-state index is 13.6. The molecule has 0 heterocycles. The Labute approximate surface area is 95.9 Å². The molecule has 1 rings (SSSR count). The predicted molar refractivity (Wildman–Crippen MR) is 62.8 cm³/mol.